The van der Waals surface area contributed by atoms with Gasteiger partial charge in [-0.3, -0.25) is 37.3 Å². The molecule has 0 rings (SSSR count). The van der Waals surface area contributed by atoms with E-state index in [4.69, 9.17) is 37.0 Å². The predicted molar refractivity (Wildman–Crippen MR) is 395 cm³/mol. The lowest BCUT2D eigenvalue weighted by atomic mass is 10.0. The Bertz CT molecular complexity index is 1840. The van der Waals surface area contributed by atoms with Crippen LogP contribution in [0.2, 0.25) is 0 Å². The summed E-state index contributed by atoms with van der Waals surface area (Å²) in [6, 6.07) is 0. The Morgan fingerprint density at radius 2 is 0.412 bits per heavy atom. The van der Waals surface area contributed by atoms with Crippen LogP contribution in [0.4, 0.5) is 0 Å². The molecule has 0 fully saturated rings. The van der Waals surface area contributed by atoms with Crippen molar-refractivity contribution in [2.75, 3.05) is 39.6 Å². The Morgan fingerprint density at radius 3 is 0.608 bits per heavy atom. The quantitative estimate of drug-likeness (QED) is 0.0222. The number of phosphoric ester groups is 2. The molecule has 0 spiro atoms. The number of carbonyl (C=O) groups excluding carboxylic acids is 4. The first-order valence-electron chi connectivity index (χ1n) is 40.8. The monoisotopic (exact) mass is 1420 g/mol. The average Bonchev–Trinajstić information content (AvgIpc) is 1.90. The lowest BCUT2D eigenvalue weighted by Gasteiger charge is -2.21. The van der Waals surface area contributed by atoms with Gasteiger partial charge in [0.2, 0.25) is 0 Å². The van der Waals surface area contributed by atoms with Gasteiger partial charge in [-0.15, -0.1) is 0 Å². The van der Waals surface area contributed by atoms with Gasteiger partial charge in [0.15, 0.2) is 12.2 Å². The molecule has 19 heteroatoms. The van der Waals surface area contributed by atoms with Gasteiger partial charge in [-0.2, -0.15) is 0 Å². The molecule has 0 aliphatic carbocycles. The van der Waals surface area contributed by atoms with E-state index in [1.165, 1.54) is 250 Å². The minimum atomic E-state index is -4.96. The zero-order valence-electron chi connectivity index (χ0n) is 63.1. The molecule has 0 aliphatic rings. The van der Waals surface area contributed by atoms with Crippen molar-refractivity contribution in [2.24, 2.45) is 0 Å². The van der Waals surface area contributed by atoms with Crippen LogP contribution in [-0.4, -0.2) is 96.7 Å². The number of hydrogen-bond donors (Lipinski definition) is 3. The van der Waals surface area contributed by atoms with Crippen molar-refractivity contribution in [2.45, 2.75) is 438 Å². The summed E-state index contributed by atoms with van der Waals surface area (Å²) in [6.07, 6.45) is 63.7. The van der Waals surface area contributed by atoms with Gasteiger partial charge in [0.05, 0.1) is 26.4 Å². The van der Waals surface area contributed by atoms with Crippen molar-refractivity contribution >= 4 is 39.5 Å². The highest BCUT2D eigenvalue weighted by molar-refractivity contribution is 7.47. The summed E-state index contributed by atoms with van der Waals surface area (Å²) < 4.78 is 68.6. The highest BCUT2D eigenvalue weighted by Crippen LogP contribution is 2.45. The molecular formula is C78H152O17P2. The lowest BCUT2D eigenvalue weighted by molar-refractivity contribution is -0.161. The van der Waals surface area contributed by atoms with Crippen molar-refractivity contribution in [1.82, 2.24) is 0 Å². The highest BCUT2D eigenvalue weighted by Gasteiger charge is 2.30. The van der Waals surface area contributed by atoms with E-state index in [-0.39, 0.29) is 25.7 Å². The third-order valence-electron chi connectivity index (χ3n) is 18.4. The van der Waals surface area contributed by atoms with Crippen LogP contribution < -0.4 is 0 Å². The van der Waals surface area contributed by atoms with Crippen molar-refractivity contribution in [3.8, 4) is 0 Å². The minimum absolute atomic E-state index is 0.108. The van der Waals surface area contributed by atoms with Gasteiger partial charge in [-0.25, -0.2) is 9.13 Å². The number of phosphoric acid groups is 2. The number of unbranched alkanes of at least 4 members (excludes halogenated alkanes) is 53. The molecule has 17 nitrogen and oxygen atoms in total. The van der Waals surface area contributed by atoms with Crippen molar-refractivity contribution in [1.29, 1.82) is 0 Å². The first-order chi connectivity index (χ1) is 47.2. The molecule has 0 bridgehead atoms. The van der Waals surface area contributed by atoms with Crippen LogP contribution in [0.3, 0.4) is 0 Å². The Labute approximate surface area is 594 Å². The number of ether oxygens (including phenoxy) is 4. The van der Waals surface area contributed by atoms with E-state index in [1.807, 2.05) is 0 Å². The van der Waals surface area contributed by atoms with Crippen molar-refractivity contribution in [3.63, 3.8) is 0 Å². The average molecular weight is 1420 g/mol. The SMILES string of the molecule is CCCCCCCCCCCCCCCCCCCCCCC(=O)O[C@H](COC(=O)CCCCCCCCCCCCCCCCC)COP(=O)(O)OC[C@@H](O)COP(=O)(O)OC[C@@H](COC(=O)CCCCCCCCCCCC)OC(=O)CCCCCCCCCCCCCC. The van der Waals surface area contributed by atoms with Gasteiger partial charge < -0.3 is 33.8 Å². The molecule has 576 valence electrons. The number of rotatable bonds is 79. The molecule has 0 aromatic rings. The summed E-state index contributed by atoms with van der Waals surface area (Å²) >= 11 is 0. The van der Waals surface area contributed by atoms with Gasteiger partial charge >= 0.3 is 39.5 Å². The zero-order valence-corrected chi connectivity index (χ0v) is 64.8. The second-order valence-corrected chi connectivity index (χ2v) is 31.0. The summed E-state index contributed by atoms with van der Waals surface area (Å²) in [6.45, 7) is 5.00. The maximum Gasteiger partial charge on any atom is 0.472 e. The highest BCUT2D eigenvalue weighted by atomic mass is 31.2. The van der Waals surface area contributed by atoms with Crippen molar-refractivity contribution in [3.05, 3.63) is 0 Å². The van der Waals surface area contributed by atoms with E-state index in [1.54, 1.807) is 0 Å². The maximum absolute atomic E-state index is 13.1. The molecule has 3 N–H and O–H groups in total. The number of aliphatic hydroxyl groups is 1. The first-order valence-corrected chi connectivity index (χ1v) is 43.8. The van der Waals surface area contributed by atoms with E-state index < -0.39 is 97.5 Å². The molecule has 0 amide bonds. The molecule has 0 saturated carbocycles. The number of hydrogen-bond acceptors (Lipinski definition) is 15. The molecule has 0 saturated heterocycles. The molecular weight excluding hydrogens is 1270 g/mol. The van der Waals surface area contributed by atoms with Crippen LogP contribution in [0.1, 0.15) is 419 Å². The molecule has 0 aromatic heterocycles. The molecule has 5 atom stereocenters. The first kappa shape index (κ1) is 95.1. The van der Waals surface area contributed by atoms with Crippen LogP contribution in [0.25, 0.3) is 0 Å². The number of carbonyl (C=O) groups is 4. The van der Waals surface area contributed by atoms with Gasteiger partial charge in [-0.1, -0.05) is 368 Å². The predicted octanol–water partition coefficient (Wildman–Crippen LogP) is 23.4. The fraction of sp³-hybridized carbons (Fsp3) is 0.949. The number of aliphatic hydroxyl groups excluding tert-OH is 1. The topological polar surface area (TPSA) is 237 Å². The van der Waals surface area contributed by atoms with Gasteiger partial charge in [0, 0.05) is 25.7 Å². The fourth-order valence-corrected chi connectivity index (χ4v) is 13.7. The Morgan fingerprint density at radius 1 is 0.247 bits per heavy atom. The van der Waals surface area contributed by atoms with Crippen LogP contribution in [0, 0.1) is 0 Å². The second kappa shape index (κ2) is 72.4. The summed E-state index contributed by atoms with van der Waals surface area (Å²) in [5.74, 6) is -2.11. The van der Waals surface area contributed by atoms with Gasteiger partial charge in [0.1, 0.15) is 19.3 Å². The van der Waals surface area contributed by atoms with Crippen LogP contribution in [-0.2, 0) is 65.4 Å². The summed E-state index contributed by atoms with van der Waals surface area (Å²) in [5.41, 5.74) is 0. The van der Waals surface area contributed by atoms with Crippen LogP contribution >= 0.6 is 15.6 Å². The van der Waals surface area contributed by atoms with Crippen LogP contribution in [0.5, 0.6) is 0 Å². The Hall–Kier alpha value is -1.94. The summed E-state index contributed by atoms with van der Waals surface area (Å²) in [4.78, 5) is 72.9. The maximum atomic E-state index is 13.1. The lowest BCUT2D eigenvalue weighted by Crippen LogP contribution is -2.30. The summed E-state index contributed by atoms with van der Waals surface area (Å²) in [5, 5.41) is 10.6. The van der Waals surface area contributed by atoms with E-state index in [9.17, 15) is 43.2 Å². The van der Waals surface area contributed by atoms with Crippen molar-refractivity contribution < 1.29 is 80.2 Å². The van der Waals surface area contributed by atoms with E-state index in [0.29, 0.717) is 25.7 Å². The molecule has 0 radical (unpaired) electrons. The summed E-state index contributed by atoms with van der Waals surface area (Å²) in [7, 11) is -9.91. The minimum Gasteiger partial charge on any atom is -0.462 e. The normalized spacial score (nSPS) is 13.8. The largest absolute Gasteiger partial charge is 0.472 e. The fourth-order valence-electron chi connectivity index (χ4n) is 12.1. The standard InChI is InChI=1S/C78H152O17P2/c1-5-9-13-17-21-25-29-32-34-35-36-37-38-40-42-45-49-53-57-61-65-78(83)95-74(69-89-76(81)63-59-55-51-47-44-41-39-33-30-26-22-18-14-10-6-2)71-93-97(86,87)91-67-72(79)66-90-96(84,85)92-70-73(68-88-75(80)62-58-54-50-46-28-24-20-16-12-8-4)94-77(82)64-60-56-52-48-43-31-27-23-19-15-11-7-3/h72-74,79H,5-71H2,1-4H3,(H,84,85)(H,86,87)/t72-,73+,74+/m0/s1. The second-order valence-electron chi connectivity index (χ2n) is 28.1. The molecule has 2 unspecified atom stereocenters. The van der Waals surface area contributed by atoms with Gasteiger partial charge in [-0.05, 0) is 25.7 Å². The Balaban J connectivity index is 5.21. The van der Waals surface area contributed by atoms with Gasteiger partial charge in [0.25, 0.3) is 0 Å². The molecule has 0 heterocycles. The molecule has 97 heavy (non-hydrogen) atoms. The number of esters is 4. The van der Waals surface area contributed by atoms with E-state index in [0.717, 1.165) is 89.9 Å². The Kier molecular flexibility index (Phi) is 71.0. The van der Waals surface area contributed by atoms with E-state index in [2.05, 4.69) is 27.7 Å². The molecule has 0 aromatic carbocycles. The van der Waals surface area contributed by atoms with Crippen LogP contribution in [0.15, 0.2) is 0 Å². The smallest absolute Gasteiger partial charge is 0.462 e. The van der Waals surface area contributed by atoms with E-state index >= 15 is 0 Å². The zero-order chi connectivity index (χ0) is 71.1. The third-order valence-corrected chi connectivity index (χ3v) is 20.3. The molecule has 0 aliphatic heterocycles. The third kappa shape index (κ3) is 72.2.